The molecule has 1 aromatic rings. The van der Waals surface area contributed by atoms with Crippen LogP contribution in [0.2, 0.25) is 0 Å². The molecule has 3 nitrogen and oxygen atoms in total. The van der Waals surface area contributed by atoms with Crippen molar-refractivity contribution in [1.82, 2.24) is 5.32 Å². The first-order valence-electron chi connectivity index (χ1n) is 5.30. The second-order valence-corrected chi connectivity index (χ2v) is 4.97. The number of carbonyl (C=O) groups is 1. The molecule has 1 aromatic carbocycles. The maximum Gasteiger partial charge on any atom is 0.418 e. The van der Waals surface area contributed by atoms with E-state index in [1.807, 2.05) is 0 Å². The molecular formula is C12H15F3N2O. The summed E-state index contributed by atoms with van der Waals surface area (Å²) in [6.07, 6.45) is -4.57. The fourth-order valence-corrected chi connectivity index (χ4v) is 1.42. The normalized spacial score (nSPS) is 12.3. The summed E-state index contributed by atoms with van der Waals surface area (Å²) < 4.78 is 37.9. The number of rotatable bonds is 1. The van der Waals surface area contributed by atoms with Gasteiger partial charge in [-0.3, -0.25) is 4.79 Å². The van der Waals surface area contributed by atoms with Crippen LogP contribution >= 0.6 is 0 Å². The van der Waals surface area contributed by atoms with Crippen molar-refractivity contribution in [3.63, 3.8) is 0 Å². The highest BCUT2D eigenvalue weighted by Crippen LogP contribution is 2.34. The zero-order valence-electron chi connectivity index (χ0n) is 10.4. The van der Waals surface area contributed by atoms with Gasteiger partial charge < -0.3 is 11.1 Å². The topological polar surface area (TPSA) is 55.1 Å². The first-order chi connectivity index (χ1) is 8.02. The summed E-state index contributed by atoms with van der Waals surface area (Å²) in [6.45, 7) is 5.19. The van der Waals surface area contributed by atoms with E-state index in [4.69, 9.17) is 5.73 Å². The Morgan fingerprint density at radius 1 is 1.22 bits per heavy atom. The van der Waals surface area contributed by atoms with E-state index >= 15 is 0 Å². The molecule has 0 spiro atoms. The molecule has 1 rings (SSSR count). The van der Waals surface area contributed by atoms with Crippen LogP contribution in [0.5, 0.6) is 0 Å². The largest absolute Gasteiger partial charge is 0.418 e. The Kier molecular flexibility index (Phi) is 3.59. The number of benzene rings is 1. The van der Waals surface area contributed by atoms with Crippen molar-refractivity contribution in [2.24, 2.45) is 0 Å². The molecule has 0 aromatic heterocycles. The average molecular weight is 260 g/mol. The number of carbonyl (C=O) groups excluding carboxylic acids is 1. The molecule has 0 saturated carbocycles. The second kappa shape index (κ2) is 4.51. The predicted octanol–water partition coefficient (Wildman–Crippen LogP) is 2.82. The number of halogens is 3. The van der Waals surface area contributed by atoms with Gasteiger partial charge in [0.15, 0.2) is 0 Å². The summed E-state index contributed by atoms with van der Waals surface area (Å²) in [6, 6.07) is 3.28. The van der Waals surface area contributed by atoms with Crippen molar-refractivity contribution in [3.05, 3.63) is 29.3 Å². The van der Waals surface area contributed by atoms with Crippen molar-refractivity contribution in [1.29, 1.82) is 0 Å². The summed E-state index contributed by atoms with van der Waals surface area (Å²) in [4.78, 5) is 11.8. The molecule has 6 heteroatoms. The lowest BCUT2D eigenvalue weighted by Gasteiger charge is -2.21. The van der Waals surface area contributed by atoms with Crippen molar-refractivity contribution in [2.75, 3.05) is 5.73 Å². The molecule has 0 aliphatic rings. The zero-order valence-corrected chi connectivity index (χ0v) is 10.4. The molecule has 100 valence electrons. The Balaban J connectivity index is 3.16. The lowest BCUT2D eigenvalue weighted by Crippen LogP contribution is -2.41. The van der Waals surface area contributed by atoms with Crippen LogP contribution in [-0.4, -0.2) is 11.4 Å². The van der Waals surface area contributed by atoms with Gasteiger partial charge in [0, 0.05) is 5.54 Å². The van der Waals surface area contributed by atoms with Gasteiger partial charge >= 0.3 is 6.18 Å². The lowest BCUT2D eigenvalue weighted by molar-refractivity contribution is -0.136. The van der Waals surface area contributed by atoms with E-state index in [1.165, 1.54) is 6.07 Å². The number of alkyl halides is 3. The summed E-state index contributed by atoms with van der Waals surface area (Å²) in [5.41, 5.74) is 3.15. The van der Waals surface area contributed by atoms with Gasteiger partial charge in [-0.05, 0) is 32.9 Å². The van der Waals surface area contributed by atoms with Crippen LogP contribution in [-0.2, 0) is 6.18 Å². The third-order valence-electron chi connectivity index (χ3n) is 2.14. The van der Waals surface area contributed by atoms with Gasteiger partial charge in [0.25, 0.3) is 5.91 Å². The van der Waals surface area contributed by atoms with Gasteiger partial charge in [0.2, 0.25) is 0 Å². The number of nitrogens with two attached hydrogens (primary N) is 1. The van der Waals surface area contributed by atoms with Gasteiger partial charge in [0.05, 0.1) is 16.8 Å². The Labute approximate surface area is 103 Å². The van der Waals surface area contributed by atoms with Crippen LogP contribution in [0.3, 0.4) is 0 Å². The molecule has 0 unspecified atom stereocenters. The van der Waals surface area contributed by atoms with Crippen LogP contribution in [0.25, 0.3) is 0 Å². The third-order valence-corrected chi connectivity index (χ3v) is 2.14. The summed E-state index contributed by atoms with van der Waals surface area (Å²) in [7, 11) is 0. The Bertz CT molecular complexity index is 461. The Morgan fingerprint density at radius 3 is 2.22 bits per heavy atom. The summed E-state index contributed by atoms with van der Waals surface area (Å²) in [5.74, 6) is -0.619. The van der Waals surface area contributed by atoms with Crippen LogP contribution < -0.4 is 11.1 Å². The fourth-order valence-electron chi connectivity index (χ4n) is 1.42. The molecule has 0 atom stereocenters. The average Bonchev–Trinajstić information content (AvgIpc) is 2.12. The third kappa shape index (κ3) is 3.38. The van der Waals surface area contributed by atoms with Gasteiger partial charge in [-0.15, -0.1) is 0 Å². The number of hydrogen-bond donors (Lipinski definition) is 2. The molecule has 1 amide bonds. The standard InChI is InChI=1S/C12H15F3N2O/c1-11(2,3)17-10(18)7-5-4-6-8(9(7)16)12(13,14)15/h4-6H,16H2,1-3H3,(H,17,18). The molecule has 0 bridgehead atoms. The van der Waals surface area contributed by atoms with E-state index in [0.717, 1.165) is 12.1 Å². The van der Waals surface area contributed by atoms with E-state index in [9.17, 15) is 18.0 Å². The molecular weight excluding hydrogens is 245 g/mol. The number of nitrogens with one attached hydrogen (secondary N) is 1. The highest BCUT2D eigenvalue weighted by Gasteiger charge is 2.34. The fraction of sp³-hybridized carbons (Fsp3) is 0.417. The van der Waals surface area contributed by atoms with Gasteiger partial charge in [-0.2, -0.15) is 13.2 Å². The minimum atomic E-state index is -4.57. The summed E-state index contributed by atoms with van der Waals surface area (Å²) in [5, 5.41) is 2.57. The van der Waals surface area contributed by atoms with E-state index in [0.29, 0.717) is 0 Å². The number of para-hydroxylation sites is 1. The molecule has 3 N–H and O–H groups in total. The molecule has 0 fully saturated rings. The number of anilines is 1. The van der Waals surface area contributed by atoms with Crippen LogP contribution in [0.15, 0.2) is 18.2 Å². The maximum atomic E-state index is 12.6. The van der Waals surface area contributed by atoms with E-state index in [-0.39, 0.29) is 5.56 Å². The lowest BCUT2D eigenvalue weighted by atomic mass is 10.0. The quantitative estimate of drug-likeness (QED) is 0.763. The van der Waals surface area contributed by atoms with Crippen molar-refractivity contribution >= 4 is 11.6 Å². The van der Waals surface area contributed by atoms with Gasteiger partial charge in [-0.25, -0.2) is 0 Å². The predicted molar refractivity (Wildman–Crippen MR) is 63.1 cm³/mol. The molecule has 0 radical (unpaired) electrons. The highest BCUT2D eigenvalue weighted by molar-refractivity contribution is 6.00. The van der Waals surface area contributed by atoms with Crippen LogP contribution in [0.4, 0.5) is 18.9 Å². The van der Waals surface area contributed by atoms with Crippen molar-refractivity contribution in [3.8, 4) is 0 Å². The minimum Gasteiger partial charge on any atom is -0.398 e. The smallest absolute Gasteiger partial charge is 0.398 e. The van der Waals surface area contributed by atoms with Crippen LogP contribution in [0, 0.1) is 0 Å². The first kappa shape index (κ1) is 14.3. The molecule has 0 aliphatic carbocycles. The minimum absolute atomic E-state index is 0.167. The summed E-state index contributed by atoms with van der Waals surface area (Å²) >= 11 is 0. The van der Waals surface area contributed by atoms with E-state index in [2.05, 4.69) is 5.32 Å². The molecule has 0 saturated heterocycles. The molecule has 0 aliphatic heterocycles. The Morgan fingerprint density at radius 2 is 1.78 bits per heavy atom. The van der Waals surface area contributed by atoms with E-state index < -0.39 is 28.9 Å². The van der Waals surface area contributed by atoms with E-state index in [1.54, 1.807) is 20.8 Å². The molecule has 18 heavy (non-hydrogen) atoms. The monoisotopic (exact) mass is 260 g/mol. The first-order valence-corrected chi connectivity index (χ1v) is 5.30. The number of nitrogen functional groups attached to an aromatic ring is 1. The molecule has 0 heterocycles. The van der Waals surface area contributed by atoms with Crippen LogP contribution in [0.1, 0.15) is 36.7 Å². The number of hydrogen-bond acceptors (Lipinski definition) is 2. The highest BCUT2D eigenvalue weighted by atomic mass is 19.4. The van der Waals surface area contributed by atoms with Crippen molar-refractivity contribution < 1.29 is 18.0 Å². The second-order valence-electron chi connectivity index (χ2n) is 4.97. The zero-order chi connectivity index (χ0) is 14.1. The maximum absolute atomic E-state index is 12.6. The van der Waals surface area contributed by atoms with Crippen molar-refractivity contribution in [2.45, 2.75) is 32.5 Å². The SMILES string of the molecule is CC(C)(C)NC(=O)c1cccc(C(F)(F)F)c1N. The Hall–Kier alpha value is -1.72. The number of amides is 1. The van der Waals surface area contributed by atoms with Gasteiger partial charge in [-0.1, -0.05) is 6.07 Å². The van der Waals surface area contributed by atoms with Gasteiger partial charge in [0.1, 0.15) is 0 Å².